The second-order valence-electron chi connectivity index (χ2n) is 5.12. The Labute approximate surface area is 157 Å². The lowest BCUT2D eigenvalue weighted by molar-refractivity contribution is 0.102. The van der Waals surface area contributed by atoms with Gasteiger partial charge in [-0.25, -0.2) is 17.8 Å². The molecule has 152 valence electrons. The summed E-state index contributed by atoms with van der Waals surface area (Å²) in [6.07, 6.45) is 0. The predicted octanol–water partition coefficient (Wildman–Crippen LogP) is 1.32. The number of halogens is 3. The molecule has 13 heteroatoms. The molecule has 2 aromatic rings. The van der Waals surface area contributed by atoms with Crippen LogP contribution in [0.3, 0.4) is 0 Å². The van der Waals surface area contributed by atoms with Crippen LogP contribution >= 0.6 is 0 Å². The summed E-state index contributed by atoms with van der Waals surface area (Å²) < 4.78 is 73.6. The van der Waals surface area contributed by atoms with E-state index in [2.05, 4.69) is 9.97 Å². The van der Waals surface area contributed by atoms with Gasteiger partial charge in [0, 0.05) is 6.07 Å². The van der Waals surface area contributed by atoms with Gasteiger partial charge >= 0.3 is 5.76 Å². The summed E-state index contributed by atoms with van der Waals surface area (Å²) in [7, 11) is -3.06. The van der Waals surface area contributed by atoms with Crippen molar-refractivity contribution >= 4 is 21.5 Å². The van der Waals surface area contributed by atoms with Crippen molar-refractivity contribution in [2.75, 3.05) is 18.9 Å². The third-order valence-corrected chi connectivity index (χ3v) is 4.32. The van der Waals surface area contributed by atoms with Gasteiger partial charge in [0.1, 0.15) is 5.69 Å². The number of ketones is 1. The number of carbonyl (C=O) groups is 1. The molecule has 0 aliphatic carbocycles. The zero-order valence-electron chi connectivity index (χ0n) is 14.4. The lowest BCUT2D eigenvalue weighted by atomic mass is 10.1. The van der Waals surface area contributed by atoms with Gasteiger partial charge in [0.05, 0.1) is 32.1 Å². The summed E-state index contributed by atoms with van der Waals surface area (Å²) in [6.45, 7) is -0.573. The number of alkyl halides is 2. The number of aliphatic hydroxyl groups is 1. The van der Waals surface area contributed by atoms with Crippen LogP contribution in [0.2, 0.25) is 0 Å². The first-order chi connectivity index (χ1) is 13.1. The van der Waals surface area contributed by atoms with Crippen LogP contribution in [0.5, 0.6) is 11.6 Å². The van der Waals surface area contributed by atoms with Gasteiger partial charge in [-0.15, -0.1) is 0 Å². The second-order valence-corrected chi connectivity index (χ2v) is 6.77. The van der Waals surface area contributed by atoms with Crippen molar-refractivity contribution in [3.8, 4) is 11.6 Å². The Morgan fingerprint density at radius 3 is 2.46 bits per heavy atom. The van der Waals surface area contributed by atoms with Gasteiger partial charge in [-0.1, -0.05) is 0 Å². The van der Waals surface area contributed by atoms with Gasteiger partial charge in [0.15, 0.2) is 11.6 Å². The molecule has 0 bridgehead atoms. The quantitative estimate of drug-likeness (QED) is 0.611. The van der Waals surface area contributed by atoms with Crippen molar-refractivity contribution < 1.29 is 41.0 Å². The topological polar surface area (TPSA) is 128 Å². The zero-order valence-corrected chi connectivity index (χ0v) is 15.3. The summed E-state index contributed by atoms with van der Waals surface area (Å²) in [6, 6.07) is 2.87. The average molecular weight is 421 g/mol. The van der Waals surface area contributed by atoms with Crippen molar-refractivity contribution in [1.29, 1.82) is 0 Å². The molecule has 9 nitrogen and oxygen atoms in total. The molecule has 1 aromatic carbocycles. The van der Waals surface area contributed by atoms with Crippen LogP contribution in [0.1, 0.15) is 21.9 Å². The molecule has 0 fully saturated rings. The van der Waals surface area contributed by atoms with E-state index in [1.165, 1.54) is 17.9 Å². The van der Waals surface area contributed by atoms with Gasteiger partial charge in [0.2, 0.25) is 17.5 Å². The van der Waals surface area contributed by atoms with Gasteiger partial charge in [-0.3, -0.25) is 9.52 Å². The minimum absolute atomic E-state index is 0.000937. The van der Waals surface area contributed by atoms with E-state index in [-0.39, 0.29) is 11.6 Å². The first-order valence-electron chi connectivity index (χ1n) is 7.38. The molecule has 0 amide bonds. The number of methoxy groups -OCH3 is 2. The van der Waals surface area contributed by atoms with E-state index in [1.807, 2.05) is 0 Å². The number of ether oxygens (including phenoxy) is 2. The maximum atomic E-state index is 14.0. The fraction of sp³-hybridized carbons (Fsp3) is 0.267. The predicted molar refractivity (Wildman–Crippen MR) is 89.4 cm³/mol. The summed E-state index contributed by atoms with van der Waals surface area (Å²) >= 11 is 0. The van der Waals surface area contributed by atoms with Crippen LogP contribution in [-0.4, -0.2) is 49.3 Å². The molecular weight excluding hydrogens is 407 g/mol. The van der Waals surface area contributed by atoms with E-state index in [4.69, 9.17) is 9.47 Å². The minimum atomic E-state index is -5.25. The first-order valence-corrected chi connectivity index (χ1v) is 8.93. The third-order valence-electron chi connectivity index (χ3n) is 3.37. The molecule has 0 radical (unpaired) electrons. The molecule has 0 unspecified atom stereocenters. The summed E-state index contributed by atoms with van der Waals surface area (Å²) in [5, 5.41) is 9.22. The Morgan fingerprint density at radius 1 is 1.25 bits per heavy atom. The number of aliphatic hydroxyl groups excluding tert-OH is 1. The number of anilines is 1. The molecule has 2 N–H and O–H groups in total. The standard InChI is InChI=1S/C15H14F3N3O6S/c1-26-10-5-7(6-22)19-14(20-10)12(23)8-3-4-9(16)13(27-2)11(8)21-28(24,25)15(17)18/h3-5,15,21-22H,6H2,1-2H3. The van der Waals surface area contributed by atoms with Crippen molar-refractivity contribution in [2.45, 2.75) is 12.4 Å². The molecule has 0 aliphatic rings. The van der Waals surface area contributed by atoms with Crippen LogP contribution < -0.4 is 14.2 Å². The van der Waals surface area contributed by atoms with Crippen LogP contribution in [-0.2, 0) is 16.6 Å². The van der Waals surface area contributed by atoms with E-state index < -0.39 is 56.8 Å². The number of nitrogens with zero attached hydrogens (tertiary/aromatic N) is 2. The van der Waals surface area contributed by atoms with Crippen molar-refractivity contribution in [3.05, 3.63) is 41.1 Å². The van der Waals surface area contributed by atoms with E-state index in [9.17, 15) is 31.5 Å². The Bertz CT molecular complexity index is 979. The highest BCUT2D eigenvalue weighted by Crippen LogP contribution is 2.34. The molecule has 1 heterocycles. The van der Waals surface area contributed by atoms with Gasteiger partial charge in [0.25, 0.3) is 10.0 Å². The number of rotatable bonds is 8. The van der Waals surface area contributed by atoms with Crippen LogP contribution in [0, 0.1) is 5.82 Å². The lowest BCUT2D eigenvalue weighted by Gasteiger charge is -2.15. The molecule has 28 heavy (non-hydrogen) atoms. The van der Waals surface area contributed by atoms with Crippen LogP contribution in [0.25, 0.3) is 0 Å². The average Bonchev–Trinajstić information content (AvgIpc) is 2.67. The van der Waals surface area contributed by atoms with E-state index >= 15 is 0 Å². The zero-order chi connectivity index (χ0) is 21.1. The lowest BCUT2D eigenvalue weighted by Crippen LogP contribution is -2.23. The number of benzene rings is 1. The van der Waals surface area contributed by atoms with E-state index in [0.29, 0.717) is 0 Å². The molecule has 0 aliphatic heterocycles. The second kappa shape index (κ2) is 8.39. The largest absolute Gasteiger partial charge is 0.492 e. The van der Waals surface area contributed by atoms with Crippen LogP contribution in [0.4, 0.5) is 18.9 Å². The summed E-state index contributed by atoms with van der Waals surface area (Å²) in [4.78, 5) is 20.3. The molecule has 0 spiro atoms. The number of hydrogen-bond acceptors (Lipinski definition) is 8. The minimum Gasteiger partial charge on any atom is -0.492 e. The Balaban J connectivity index is 2.67. The normalized spacial score (nSPS) is 11.4. The molecule has 0 saturated heterocycles. The van der Waals surface area contributed by atoms with E-state index in [1.54, 1.807) is 0 Å². The fourth-order valence-corrected chi connectivity index (χ4v) is 2.69. The third kappa shape index (κ3) is 4.31. The Morgan fingerprint density at radius 2 is 1.93 bits per heavy atom. The summed E-state index contributed by atoms with van der Waals surface area (Å²) in [5.74, 6) is -7.42. The molecule has 2 rings (SSSR count). The van der Waals surface area contributed by atoms with E-state index in [0.717, 1.165) is 19.2 Å². The monoisotopic (exact) mass is 421 g/mol. The SMILES string of the molecule is COc1cc(CO)nc(C(=O)c2ccc(F)c(OC)c2NS(=O)(=O)C(F)F)n1. The van der Waals surface area contributed by atoms with Gasteiger partial charge in [-0.05, 0) is 12.1 Å². The van der Waals surface area contributed by atoms with Gasteiger partial charge < -0.3 is 14.6 Å². The van der Waals surface area contributed by atoms with Crippen molar-refractivity contribution in [2.24, 2.45) is 0 Å². The van der Waals surface area contributed by atoms with Crippen molar-refractivity contribution in [1.82, 2.24) is 9.97 Å². The number of aromatic nitrogens is 2. The molecule has 0 atom stereocenters. The molecule has 0 saturated carbocycles. The summed E-state index contributed by atoms with van der Waals surface area (Å²) in [5.41, 5.74) is -1.40. The maximum Gasteiger partial charge on any atom is 0.355 e. The molecular formula is C15H14F3N3O6S. The van der Waals surface area contributed by atoms with Crippen LogP contribution in [0.15, 0.2) is 18.2 Å². The highest BCUT2D eigenvalue weighted by atomic mass is 32.2. The maximum absolute atomic E-state index is 14.0. The number of hydrogen-bond donors (Lipinski definition) is 2. The Kier molecular flexibility index (Phi) is 6.41. The van der Waals surface area contributed by atoms with Gasteiger partial charge in [-0.2, -0.15) is 13.8 Å². The number of carbonyl (C=O) groups excluding carboxylic acids is 1. The highest BCUT2D eigenvalue weighted by molar-refractivity contribution is 7.93. The smallest absolute Gasteiger partial charge is 0.355 e. The van der Waals surface area contributed by atoms with Crippen molar-refractivity contribution in [3.63, 3.8) is 0 Å². The highest BCUT2D eigenvalue weighted by Gasteiger charge is 2.30. The molecule has 1 aromatic heterocycles. The fourth-order valence-electron chi connectivity index (χ4n) is 2.11. The number of sulfonamides is 1. The first kappa shape index (κ1) is 21.4. The Hall–Kier alpha value is -2.93. The number of nitrogens with one attached hydrogen (secondary N) is 1.